The van der Waals surface area contributed by atoms with E-state index in [2.05, 4.69) is 29.6 Å². The lowest BCUT2D eigenvalue weighted by molar-refractivity contribution is -0.120. The summed E-state index contributed by atoms with van der Waals surface area (Å²) >= 11 is 0. The van der Waals surface area contributed by atoms with E-state index in [-0.39, 0.29) is 18.7 Å². The summed E-state index contributed by atoms with van der Waals surface area (Å²) in [6.07, 6.45) is 1.37. The molecule has 0 radical (unpaired) electrons. The van der Waals surface area contributed by atoms with Crippen LogP contribution in [0.25, 0.3) is 10.8 Å². The molecule has 0 saturated heterocycles. The minimum Gasteiger partial charge on any atom is -0.356 e. The minimum absolute atomic E-state index is 0.0539. The largest absolute Gasteiger partial charge is 0.356 e. The van der Waals surface area contributed by atoms with Crippen LogP contribution >= 0.6 is 0 Å². The fraction of sp³-hybridized carbons (Fsp3) is 0.250. The molecule has 0 bridgehead atoms. The fourth-order valence-electron chi connectivity index (χ4n) is 2.10. The molecule has 2 aromatic rings. The Bertz CT molecular complexity index is 608. The van der Waals surface area contributed by atoms with Crippen molar-refractivity contribution in [2.75, 3.05) is 6.54 Å². The van der Waals surface area contributed by atoms with E-state index in [0.29, 0.717) is 6.54 Å². The van der Waals surface area contributed by atoms with E-state index in [0.717, 1.165) is 6.42 Å². The number of nitrogens with one attached hydrogen (secondary N) is 1. The summed E-state index contributed by atoms with van der Waals surface area (Å²) in [6, 6.07) is 16.4. The Kier molecular flexibility index (Phi) is 4.52. The van der Waals surface area contributed by atoms with Gasteiger partial charge in [0.05, 0.1) is 6.07 Å². The maximum absolute atomic E-state index is 11.4. The molecule has 1 amide bonds. The van der Waals surface area contributed by atoms with Crippen LogP contribution < -0.4 is 5.32 Å². The Morgan fingerprint density at radius 1 is 1.16 bits per heavy atom. The molecule has 19 heavy (non-hydrogen) atoms. The van der Waals surface area contributed by atoms with Crippen molar-refractivity contribution in [3.8, 4) is 6.07 Å². The van der Waals surface area contributed by atoms with Crippen molar-refractivity contribution < 1.29 is 4.79 Å². The summed E-state index contributed by atoms with van der Waals surface area (Å²) in [5, 5.41) is 13.7. The second-order valence-corrected chi connectivity index (χ2v) is 4.40. The van der Waals surface area contributed by atoms with Crippen LogP contribution in [0.1, 0.15) is 18.4 Å². The number of fused-ring (bicyclic) bond motifs is 1. The molecule has 0 aliphatic rings. The smallest absolute Gasteiger partial charge is 0.221 e. The number of hydrogen-bond donors (Lipinski definition) is 1. The van der Waals surface area contributed by atoms with E-state index in [1.165, 1.54) is 16.3 Å². The van der Waals surface area contributed by atoms with Crippen LogP contribution in [-0.4, -0.2) is 12.5 Å². The molecule has 3 nitrogen and oxygen atoms in total. The van der Waals surface area contributed by atoms with Crippen LogP contribution in [0.4, 0.5) is 0 Å². The molecule has 2 rings (SSSR count). The van der Waals surface area contributed by atoms with E-state index in [1.54, 1.807) is 0 Å². The Morgan fingerprint density at radius 2 is 1.95 bits per heavy atom. The first-order valence-electron chi connectivity index (χ1n) is 6.41. The average molecular weight is 252 g/mol. The lowest BCUT2D eigenvalue weighted by Gasteiger charge is -2.07. The van der Waals surface area contributed by atoms with Gasteiger partial charge in [0.1, 0.15) is 0 Å². The third kappa shape index (κ3) is 3.56. The van der Waals surface area contributed by atoms with Crippen molar-refractivity contribution in [2.24, 2.45) is 0 Å². The predicted molar refractivity (Wildman–Crippen MR) is 75.5 cm³/mol. The summed E-state index contributed by atoms with van der Waals surface area (Å²) in [4.78, 5) is 11.4. The van der Waals surface area contributed by atoms with Gasteiger partial charge in [0.15, 0.2) is 0 Å². The van der Waals surface area contributed by atoms with E-state index < -0.39 is 0 Å². The zero-order valence-electron chi connectivity index (χ0n) is 10.7. The van der Waals surface area contributed by atoms with Gasteiger partial charge in [-0.05, 0) is 22.8 Å². The number of hydrogen-bond acceptors (Lipinski definition) is 2. The molecule has 0 aliphatic carbocycles. The third-order valence-corrected chi connectivity index (χ3v) is 3.06. The number of carbonyl (C=O) groups is 1. The van der Waals surface area contributed by atoms with E-state index >= 15 is 0 Å². The van der Waals surface area contributed by atoms with Gasteiger partial charge in [0.25, 0.3) is 0 Å². The van der Waals surface area contributed by atoms with Crippen molar-refractivity contribution >= 4 is 16.7 Å². The maximum atomic E-state index is 11.4. The van der Waals surface area contributed by atoms with Gasteiger partial charge in [0.2, 0.25) is 5.91 Å². The topological polar surface area (TPSA) is 52.9 Å². The van der Waals surface area contributed by atoms with Gasteiger partial charge in [-0.2, -0.15) is 5.26 Å². The van der Waals surface area contributed by atoms with Crippen molar-refractivity contribution in [3.05, 3.63) is 48.0 Å². The van der Waals surface area contributed by atoms with E-state index in [4.69, 9.17) is 5.26 Å². The Labute approximate surface area is 112 Å². The third-order valence-electron chi connectivity index (χ3n) is 3.06. The van der Waals surface area contributed by atoms with E-state index in [9.17, 15) is 4.79 Å². The number of nitrogens with zero attached hydrogens (tertiary/aromatic N) is 1. The van der Waals surface area contributed by atoms with Crippen molar-refractivity contribution in [1.29, 1.82) is 5.26 Å². The van der Waals surface area contributed by atoms with Gasteiger partial charge in [-0.15, -0.1) is 0 Å². The summed E-state index contributed by atoms with van der Waals surface area (Å²) < 4.78 is 0. The first kappa shape index (κ1) is 13.1. The molecule has 2 aromatic carbocycles. The molecule has 0 unspecified atom stereocenters. The number of benzene rings is 2. The van der Waals surface area contributed by atoms with Crippen LogP contribution in [0.3, 0.4) is 0 Å². The van der Waals surface area contributed by atoms with Crippen molar-refractivity contribution in [3.63, 3.8) is 0 Å². The standard InChI is InChI=1S/C16H16N2O/c17-11-4-9-16(19)18-12-10-14-7-3-6-13-5-1-2-8-15(13)14/h1-3,5-8H,4,9-10,12H2,(H,18,19). The minimum atomic E-state index is -0.0539. The SMILES string of the molecule is N#CCCC(=O)NCCc1cccc2ccccc12. The molecular formula is C16H16N2O. The van der Waals surface area contributed by atoms with E-state index in [1.807, 2.05) is 24.3 Å². The molecule has 0 aromatic heterocycles. The number of rotatable bonds is 5. The molecular weight excluding hydrogens is 236 g/mol. The fourth-order valence-corrected chi connectivity index (χ4v) is 2.10. The Balaban J connectivity index is 1.95. The van der Waals surface area contributed by atoms with Crippen LogP contribution in [0.15, 0.2) is 42.5 Å². The first-order valence-corrected chi connectivity index (χ1v) is 6.41. The Morgan fingerprint density at radius 3 is 2.79 bits per heavy atom. The molecule has 0 fully saturated rings. The summed E-state index contributed by atoms with van der Waals surface area (Å²) in [6.45, 7) is 0.609. The van der Waals surface area contributed by atoms with Gasteiger partial charge >= 0.3 is 0 Å². The highest BCUT2D eigenvalue weighted by molar-refractivity contribution is 5.85. The molecule has 0 atom stereocenters. The summed E-state index contributed by atoms with van der Waals surface area (Å²) in [5.41, 5.74) is 1.23. The summed E-state index contributed by atoms with van der Waals surface area (Å²) in [7, 11) is 0. The molecule has 1 N–H and O–H groups in total. The van der Waals surface area contributed by atoms with Gasteiger partial charge in [-0.1, -0.05) is 42.5 Å². The summed E-state index contributed by atoms with van der Waals surface area (Å²) in [5.74, 6) is -0.0539. The molecule has 96 valence electrons. The van der Waals surface area contributed by atoms with Crippen molar-refractivity contribution in [1.82, 2.24) is 5.32 Å². The second-order valence-electron chi connectivity index (χ2n) is 4.40. The van der Waals surface area contributed by atoms with Crippen LogP contribution in [0.5, 0.6) is 0 Å². The lowest BCUT2D eigenvalue weighted by Crippen LogP contribution is -2.25. The Hall–Kier alpha value is -2.34. The average Bonchev–Trinajstić information content (AvgIpc) is 2.45. The lowest BCUT2D eigenvalue weighted by atomic mass is 10.0. The number of carbonyl (C=O) groups excluding carboxylic acids is 1. The van der Waals surface area contributed by atoms with Gasteiger partial charge < -0.3 is 5.32 Å². The maximum Gasteiger partial charge on any atom is 0.221 e. The molecule has 3 heteroatoms. The number of amides is 1. The van der Waals surface area contributed by atoms with Crippen molar-refractivity contribution in [2.45, 2.75) is 19.3 Å². The zero-order chi connectivity index (χ0) is 13.5. The molecule has 0 heterocycles. The molecule has 0 aliphatic heterocycles. The highest BCUT2D eigenvalue weighted by atomic mass is 16.1. The van der Waals surface area contributed by atoms with Crippen LogP contribution in [0, 0.1) is 11.3 Å². The monoisotopic (exact) mass is 252 g/mol. The second kappa shape index (κ2) is 6.55. The quantitative estimate of drug-likeness (QED) is 0.889. The molecule has 0 spiro atoms. The zero-order valence-corrected chi connectivity index (χ0v) is 10.7. The van der Waals surface area contributed by atoms with Gasteiger partial charge in [-0.25, -0.2) is 0 Å². The van der Waals surface area contributed by atoms with Crippen LogP contribution in [-0.2, 0) is 11.2 Å². The normalized spacial score (nSPS) is 10.1. The molecule has 0 saturated carbocycles. The van der Waals surface area contributed by atoms with Crippen LogP contribution in [0.2, 0.25) is 0 Å². The first-order chi connectivity index (χ1) is 9.31. The predicted octanol–water partition coefficient (Wildman–Crippen LogP) is 2.80. The van der Waals surface area contributed by atoms with Gasteiger partial charge in [-0.3, -0.25) is 4.79 Å². The highest BCUT2D eigenvalue weighted by Crippen LogP contribution is 2.18. The highest BCUT2D eigenvalue weighted by Gasteiger charge is 2.02. The number of nitriles is 1. The van der Waals surface area contributed by atoms with Gasteiger partial charge in [0, 0.05) is 19.4 Å².